The van der Waals surface area contributed by atoms with Crippen molar-refractivity contribution in [2.45, 2.75) is 13.2 Å². The Balaban J connectivity index is 3.18. The Morgan fingerprint density at radius 2 is 1.78 bits per heavy atom. The predicted molar refractivity (Wildman–Crippen MR) is 41.6 cm³/mol. The molecule has 46 valence electrons. The zero-order valence-electron chi connectivity index (χ0n) is 5.27. The molecule has 0 aromatic carbocycles. The summed E-state index contributed by atoms with van der Waals surface area (Å²) in [6.45, 7) is 1.98. The van der Waals surface area contributed by atoms with Gasteiger partial charge in [-0.15, -0.1) is 0 Å². The summed E-state index contributed by atoms with van der Waals surface area (Å²) in [5.41, 5.74) is 0. The van der Waals surface area contributed by atoms with Crippen molar-refractivity contribution in [3.63, 3.8) is 0 Å². The summed E-state index contributed by atoms with van der Waals surface area (Å²) in [6, 6.07) is 0. The van der Waals surface area contributed by atoms with Crippen LogP contribution in [0.5, 0.6) is 0 Å². The number of halogens is 2. The van der Waals surface area contributed by atoms with E-state index in [9.17, 15) is 0 Å². The third-order valence-electron chi connectivity index (χ3n) is 0.831. The van der Waals surface area contributed by atoms with Crippen LogP contribution in [0.3, 0.4) is 0 Å². The molecule has 0 N–H and O–H groups in total. The van der Waals surface area contributed by atoms with Crippen molar-refractivity contribution in [2.24, 2.45) is 0 Å². The minimum atomic E-state index is -0.854. The molecule has 0 aliphatic carbocycles. The van der Waals surface area contributed by atoms with Crippen molar-refractivity contribution in [1.82, 2.24) is 0 Å². The molecule has 0 aromatic rings. The molecule has 0 aliphatic heterocycles. The van der Waals surface area contributed by atoms with Gasteiger partial charge in [0.15, 0.2) is 0 Å². The van der Waals surface area contributed by atoms with Gasteiger partial charge in [-0.25, -0.2) is 0 Å². The zero-order valence-corrected chi connectivity index (χ0v) is 9.61. The number of hydrogen-bond donors (Lipinski definition) is 0. The molecule has 2 nitrogen and oxygen atoms in total. The molecule has 0 heterocycles. The van der Waals surface area contributed by atoms with Crippen LogP contribution in [0.25, 0.3) is 0 Å². The van der Waals surface area contributed by atoms with E-state index < -0.39 is 39.3 Å². The highest BCUT2D eigenvalue weighted by Crippen LogP contribution is 1.95. The molecule has 0 amide bonds. The summed E-state index contributed by atoms with van der Waals surface area (Å²) < 4.78 is 10.1. The maximum atomic E-state index is 5.42. The average molecular weight is 191 g/mol. The molecule has 0 aliphatic rings. The van der Waals surface area contributed by atoms with Crippen LogP contribution in [0.15, 0.2) is 0 Å². The molecule has 0 saturated carbocycles. The molecule has 0 aromatic heterocycles. The molecule has 0 saturated heterocycles. The average Bonchev–Trinajstić information content (AvgIpc) is 1.88. The lowest BCUT2D eigenvalue weighted by molar-refractivity contribution is 0.466. The molecule has 7 heteroatoms. The van der Waals surface area contributed by atoms with Gasteiger partial charge in [0.2, 0.25) is 0 Å². The Morgan fingerprint density at radius 1 is 1.33 bits per heavy atom. The predicted octanol–water partition coefficient (Wildman–Crippen LogP) is 1.07. The first-order valence-electron chi connectivity index (χ1n) is 2.70. The minimum Gasteiger partial charge on any atom is -0.594 e. The summed E-state index contributed by atoms with van der Waals surface area (Å²) >= 11 is -1.71. The van der Waals surface area contributed by atoms with Crippen LogP contribution < -0.4 is 0 Å². The van der Waals surface area contributed by atoms with Crippen LogP contribution in [0.1, 0.15) is 6.92 Å². The Morgan fingerprint density at radius 3 is 2.00 bits per heavy atom. The zero-order chi connectivity index (χ0) is 7.11. The van der Waals surface area contributed by atoms with Gasteiger partial charge in [0, 0.05) is 0 Å². The molecule has 0 radical (unpaired) electrons. The van der Waals surface area contributed by atoms with Crippen molar-refractivity contribution >= 4 is 64.6 Å². The molecule has 0 bridgehead atoms. The molecule has 0 spiro atoms. The lowest BCUT2D eigenvalue weighted by Crippen LogP contribution is -2.22. The molecule has 0 fully saturated rings. The van der Waals surface area contributed by atoms with Gasteiger partial charge in [0.05, 0.1) is 0 Å². The fourth-order valence-electron chi connectivity index (χ4n) is 0.424. The van der Waals surface area contributed by atoms with E-state index in [1.807, 2.05) is 6.92 Å². The second-order valence-corrected chi connectivity index (χ2v) is 3.80. The minimum absolute atomic E-state index is 0.127. The second-order valence-electron chi connectivity index (χ2n) is 1.39. The highest BCUT2D eigenvalue weighted by molar-refractivity contribution is 6.95. The first-order valence-corrected chi connectivity index (χ1v) is 8.13. The largest absolute Gasteiger partial charge is 0.687 e. The summed E-state index contributed by atoms with van der Waals surface area (Å²) in [6.07, 6.45) is 0.833. The standard InChI is InChI=1S/C2H5BO2.2ClH.2Mg/c1-2-3(4)5;;;;/h2H2,1H3;2*1H;;/q-2;;;2*+2/p-2. The SMILES string of the molecule is CCB([O][Mg][Cl])[O][Mg][Cl]. The third-order valence-corrected chi connectivity index (χ3v) is 2.58. The summed E-state index contributed by atoms with van der Waals surface area (Å²) in [5, 5.41) is 0. The van der Waals surface area contributed by atoms with E-state index in [0.717, 1.165) is 6.32 Å². The lowest BCUT2D eigenvalue weighted by Gasteiger charge is -2.11. The normalized spacial score (nSPS) is 7.89. The van der Waals surface area contributed by atoms with E-state index in [0.29, 0.717) is 0 Å². The number of hydrogen-bond acceptors (Lipinski definition) is 2. The number of rotatable bonds is 5. The van der Waals surface area contributed by atoms with E-state index in [4.69, 9.17) is 24.3 Å². The van der Waals surface area contributed by atoms with Gasteiger partial charge in [-0.3, -0.25) is 18.1 Å². The Labute approximate surface area is 83.1 Å². The van der Waals surface area contributed by atoms with Gasteiger partial charge >= 0.3 is 46.5 Å². The monoisotopic (exact) mass is 190 g/mol. The Hall–Kier alpha value is 2.10. The van der Waals surface area contributed by atoms with Crippen LogP contribution in [-0.4, -0.2) is 46.5 Å². The van der Waals surface area contributed by atoms with Crippen LogP contribution in [-0.2, 0) is 6.18 Å². The van der Waals surface area contributed by atoms with Crippen molar-refractivity contribution in [3.05, 3.63) is 0 Å². The van der Waals surface area contributed by atoms with Crippen LogP contribution >= 0.6 is 18.1 Å². The topological polar surface area (TPSA) is 18.5 Å². The van der Waals surface area contributed by atoms with Gasteiger partial charge in [0.25, 0.3) is 0 Å². The highest BCUT2D eigenvalue weighted by atomic mass is 35.5. The molecular formula is C2H5BCl2Mg2O2. The maximum Gasteiger partial charge on any atom is 0.687 e. The summed E-state index contributed by atoms with van der Waals surface area (Å²) in [4.78, 5) is 0. The molecule has 0 unspecified atom stereocenters. The van der Waals surface area contributed by atoms with Crippen molar-refractivity contribution in [3.8, 4) is 0 Å². The third kappa shape index (κ3) is 6.49. The molecule has 0 rings (SSSR count). The molecular weight excluding hydrogens is 186 g/mol. The molecule has 9 heavy (non-hydrogen) atoms. The highest BCUT2D eigenvalue weighted by Gasteiger charge is 2.12. The first-order chi connectivity index (χ1) is 4.35. The van der Waals surface area contributed by atoms with E-state index in [1.54, 1.807) is 0 Å². The van der Waals surface area contributed by atoms with Crippen molar-refractivity contribution < 1.29 is 6.18 Å². The van der Waals surface area contributed by atoms with Gasteiger partial charge in [-0.05, 0) is 6.32 Å². The maximum absolute atomic E-state index is 5.42. The van der Waals surface area contributed by atoms with Gasteiger partial charge < -0.3 is 6.18 Å². The quantitative estimate of drug-likeness (QED) is 0.605. The second kappa shape index (κ2) is 8.20. The Bertz CT molecular complexity index is 62.5. The van der Waals surface area contributed by atoms with Crippen molar-refractivity contribution in [2.75, 3.05) is 0 Å². The summed E-state index contributed by atoms with van der Waals surface area (Å²) in [5.74, 6) is 0. The van der Waals surface area contributed by atoms with Crippen molar-refractivity contribution in [1.29, 1.82) is 0 Å². The van der Waals surface area contributed by atoms with Gasteiger partial charge in [-0.1, -0.05) is 6.92 Å². The fourth-order valence-corrected chi connectivity index (χ4v) is 2.40. The van der Waals surface area contributed by atoms with Crippen LogP contribution in [0.2, 0.25) is 6.32 Å². The molecule has 0 atom stereocenters. The lowest BCUT2D eigenvalue weighted by atomic mass is 9.88. The van der Waals surface area contributed by atoms with E-state index in [-0.39, 0.29) is 7.12 Å². The first kappa shape index (κ1) is 11.1. The van der Waals surface area contributed by atoms with E-state index in [2.05, 4.69) is 0 Å². The smallest absolute Gasteiger partial charge is 0.594 e. The van der Waals surface area contributed by atoms with Gasteiger partial charge in [0.1, 0.15) is 0 Å². The van der Waals surface area contributed by atoms with Gasteiger partial charge in [-0.2, -0.15) is 0 Å². The van der Waals surface area contributed by atoms with Crippen LogP contribution in [0.4, 0.5) is 0 Å². The van der Waals surface area contributed by atoms with E-state index >= 15 is 0 Å². The fraction of sp³-hybridized carbons (Fsp3) is 1.00. The van der Waals surface area contributed by atoms with Crippen LogP contribution in [0, 0.1) is 0 Å². The van der Waals surface area contributed by atoms with E-state index in [1.165, 1.54) is 0 Å². The Kier molecular flexibility index (Phi) is 10.1. The summed E-state index contributed by atoms with van der Waals surface area (Å²) in [7, 11) is 10.7.